The lowest BCUT2D eigenvalue weighted by Gasteiger charge is -2.19. The van der Waals surface area contributed by atoms with Crippen molar-refractivity contribution in [1.29, 1.82) is 0 Å². The second kappa shape index (κ2) is 10.5. The maximum absolute atomic E-state index is 12.9. The zero-order chi connectivity index (χ0) is 24.0. The van der Waals surface area contributed by atoms with Gasteiger partial charge in [0.15, 0.2) is 5.82 Å². The van der Waals surface area contributed by atoms with Crippen molar-refractivity contribution >= 4 is 5.97 Å². The summed E-state index contributed by atoms with van der Waals surface area (Å²) < 4.78 is 9.09. The molecule has 176 valence electrons. The number of ether oxygens (including phenoxy) is 1. The number of nitrogens with zero attached hydrogens (tertiary/aromatic N) is 3. The molecule has 1 aromatic carbocycles. The summed E-state index contributed by atoms with van der Waals surface area (Å²) in [6, 6.07) is 7.39. The topological polar surface area (TPSA) is 86.3 Å². The molecule has 1 N–H and O–H groups in total. The third-order valence-corrected chi connectivity index (χ3v) is 5.68. The zero-order valence-electron chi connectivity index (χ0n) is 19.9. The average molecular weight is 452 g/mol. The highest BCUT2D eigenvalue weighted by Crippen LogP contribution is 2.24. The van der Waals surface area contributed by atoms with Crippen LogP contribution in [0.3, 0.4) is 0 Å². The van der Waals surface area contributed by atoms with Gasteiger partial charge in [-0.15, -0.1) is 0 Å². The second-order valence-corrected chi connectivity index (χ2v) is 9.10. The SMILES string of the molecule is CCCn1c(COc2ccc(CC(C)(C)C(=O)O)cc2)nn(CC2=CCC=C(C)C=C2)c1=O. The van der Waals surface area contributed by atoms with Crippen molar-refractivity contribution in [1.82, 2.24) is 14.3 Å². The lowest BCUT2D eigenvalue weighted by molar-refractivity contribution is -0.146. The fraction of sp³-hybridized carbons (Fsp3) is 0.423. The fourth-order valence-corrected chi connectivity index (χ4v) is 3.64. The number of aromatic nitrogens is 3. The first kappa shape index (κ1) is 24.3. The lowest BCUT2D eigenvalue weighted by Crippen LogP contribution is -2.26. The van der Waals surface area contributed by atoms with E-state index >= 15 is 0 Å². The van der Waals surface area contributed by atoms with Gasteiger partial charge >= 0.3 is 11.7 Å². The first-order valence-corrected chi connectivity index (χ1v) is 11.3. The van der Waals surface area contributed by atoms with Gasteiger partial charge in [-0.25, -0.2) is 9.48 Å². The Bertz CT molecular complexity index is 1130. The summed E-state index contributed by atoms with van der Waals surface area (Å²) in [5.41, 5.74) is 2.22. The Morgan fingerprint density at radius 1 is 1.18 bits per heavy atom. The molecule has 33 heavy (non-hydrogen) atoms. The van der Waals surface area contributed by atoms with Crippen molar-refractivity contribution in [3.63, 3.8) is 0 Å². The van der Waals surface area contributed by atoms with Gasteiger partial charge < -0.3 is 9.84 Å². The molecule has 0 unspecified atom stereocenters. The first-order valence-electron chi connectivity index (χ1n) is 11.3. The number of carboxylic acids is 1. The Hall–Kier alpha value is -3.35. The summed E-state index contributed by atoms with van der Waals surface area (Å²) in [7, 11) is 0. The molecule has 1 aliphatic rings. The standard InChI is InChI=1S/C26H33N3O4/c1-5-15-28-23(27-29(25(28)32)17-21-8-6-7-19(2)9-10-21)18-33-22-13-11-20(12-14-22)16-26(3,4)24(30)31/h7-14H,5-6,15-18H2,1-4H3,(H,30,31). The molecular weight excluding hydrogens is 418 g/mol. The number of allylic oxidation sites excluding steroid dienone is 6. The number of benzene rings is 1. The molecule has 0 radical (unpaired) electrons. The van der Waals surface area contributed by atoms with Crippen LogP contribution in [-0.2, 0) is 30.9 Å². The molecule has 3 rings (SSSR count). The van der Waals surface area contributed by atoms with Crippen LogP contribution in [0, 0.1) is 5.41 Å². The molecular formula is C26H33N3O4. The molecule has 7 heteroatoms. The number of carbonyl (C=O) groups is 1. The minimum absolute atomic E-state index is 0.134. The predicted octanol–water partition coefficient (Wildman–Crippen LogP) is 4.52. The van der Waals surface area contributed by atoms with Gasteiger partial charge in [-0.05, 0) is 63.3 Å². The number of hydrogen-bond acceptors (Lipinski definition) is 4. The molecule has 0 aliphatic heterocycles. The molecule has 0 atom stereocenters. The molecule has 0 spiro atoms. The van der Waals surface area contributed by atoms with E-state index in [9.17, 15) is 14.7 Å². The molecule has 2 aromatic rings. The molecule has 0 bridgehead atoms. The zero-order valence-corrected chi connectivity index (χ0v) is 19.9. The Balaban J connectivity index is 1.71. The minimum atomic E-state index is -0.831. The molecule has 0 fully saturated rings. The number of aliphatic carboxylic acids is 1. The molecule has 0 amide bonds. The van der Waals surface area contributed by atoms with Crippen molar-refractivity contribution in [2.75, 3.05) is 0 Å². The molecule has 1 aliphatic carbocycles. The van der Waals surface area contributed by atoms with E-state index in [1.807, 2.05) is 37.3 Å². The minimum Gasteiger partial charge on any atom is -0.486 e. The molecule has 1 aromatic heterocycles. The Morgan fingerprint density at radius 3 is 2.58 bits per heavy atom. The van der Waals surface area contributed by atoms with Crippen LogP contribution in [-0.4, -0.2) is 25.4 Å². The quantitative estimate of drug-likeness (QED) is 0.574. The van der Waals surface area contributed by atoms with Crippen LogP contribution in [0.1, 0.15) is 51.9 Å². The van der Waals surface area contributed by atoms with Gasteiger partial charge in [0.25, 0.3) is 0 Å². The van der Waals surface area contributed by atoms with Crippen LogP contribution >= 0.6 is 0 Å². The van der Waals surface area contributed by atoms with Gasteiger partial charge in [-0.2, -0.15) is 5.10 Å². The molecule has 0 saturated heterocycles. The van der Waals surface area contributed by atoms with Gasteiger partial charge in [0.1, 0.15) is 12.4 Å². The summed E-state index contributed by atoms with van der Waals surface area (Å²) in [5.74, 6) is 0.409. The van der Waals surface area contributed by atoms with E-state index in [2.05, 4.69) is 30.3 Å². The van der Waals surface area contributed by atoms with Gasteiger partial charge in [-0.1, -0.05) is 48.9 Å². The molecule has 0 saturated carbocycles. The summed E-state index contributed by atoms with van der Waals surface area (Å²) in [6.07, 6.45) is 10.4. The Labute approximate surface area is 194 Å². The number of rotatable bonds is 10. The average Bonchev–Trinajstić information content (AvgIpc) is 2.91. The summed E-state index contributed by atoms with van der Waals surface area (Å²) in [4.78, 5) is 24.3. The van der Waals surface area contributed by atoms with Crippen LogP contribution in [0.25, 0.3) is 0 Å². The van der Waals surface area contributed by atoms with Crippen molar-refractivity contribution < 1.29 is 14.6 Å². The van der Waals surface area contributed by atoms with E-state index in [0.29, 0.717) is 31.1 Å². The largest absolute Gasteiger partial charge is 0.486 e. The third kappa shape index (κ3) is 6.34. The van der Waals surface area contributed by atoms with E-state index in [1.54, 1.807) is 18.4 Å². The van der Waals surface area contributed by atoms with Gasteiger partial charge in [0.05, 0.1) is 12.0 Å². The maximum atomic E-state index is 12.9. The van der Waals surface area contributed by atoms with Crippen LogP contribution in [0.5, 0.6) is 5.75 Å². The Morgan fingerprint density at radius 2 is 1.91 bits per heavy atom. The summed E-state index contributed by atoms with van der Waals surface area (Å²) in [5, 5.41) is 13.9. The van der Waals surface area contributed by atoms with Gasteiger partial charge in [0, 0.05) is 6.54 Å². The first-order chi connectivity index (χ1) is 15.7. The van der Waals surface area contributed by atoms with Crippen molar-refractivity contribution in [2.45, 2.75) is 66.7 Å². The smallest absolute Gasteiger partial charge is 0.346 e. The van der Waals surface area contributed by atoms with E-state index in [-0.39, 0.29) is 12.3 Å². The fourth-order valence-electron chi connectivity index (χ4n) is 3.64. The van der Waals surface area contributed by atoms with Crippen LogP contribution in [0.4, 0.5) is 0 Å². The van der Waals surface area contributed by atoms with Crippen molar-refractivity contribution in [2.24, 2.45) is 5.41 Å². The van der Waals surface area contributed by atoms with Crippen LogP contribution in [0.2, 0.25) is 0 Å². The summed E-state index contributed by atoms with van der Waals surface area (Å²) in [6.45, 7) is 8.69. The number of hydrogen-bond donors (Lipinski definition) is 1. The van der Waals surface area contributed by atoms with E-state index < -0.39 is 11.4 Å². The van der Waals surface area contributed by atoms with Gasteiger partial charge in [0.2, 0.25) is 0 Å². The monoisotopic (exact) mass is 451 g/mol. The van der Waals surface area contributed by atoms with Crippen molar-refractivity contribution in [3.05, 3.63) is 81.6 Å². The molecule has 1 heterocycles. The van der Waals surface area contributed by atoms with Gasteiger partial charge in [-0.3, -0.25) is 9.36 Å². The van der Waals surface area contributed by atoms with Crippen LogP contribution in [0.15, 0.2) is 64.5 Å². The number of carboxylic acid groups (broad SMARTS) is 1. The van der Waals surface area contributed by atoms with Crippen LogP contribution < -0.4 is 10.4 Å². The maximum Gasteiger partial charge on any atom is 0.346 e. The third-order valence-electron chi connectivity index (χ3n) is 5.68. The highest BCUT2D eigenvalue weighted by Gasteiger charge is 2.27. The Kier molecular flexibility index (Phi) is 7.74. The second-order valence-electron chi connectivity index (χ2n) is 9.10. The molecule has 7 nitrogen and oxygen atoms in total. The highest BCUT2D eigenvalue weighted by atomic mass is 16.5. The normalized spacial score (nSPS) is 13.9. The lowest BCUT2D eigenvalue weighted by atomic mass is 9.86. The highest BCUT2D eigenvalue weighted by molar-refractivity contribution is 5.74. The van der Waals surface area contributed by atoms with E-state index in [4.69, 9.17) is 4.74 Å². The van der Waals surface area contributed by atoms with Crippen molar-refractivity contribution in [3.8, 4) is 5.75 Å². The summed E-state index contributed by atoms with van der Waals surface area (Å²) >= 11 is 0. The van der Waals surface area contributed by atoms with E-state index in [0.717, 1.165) is 24.0 Å². The predicted molar refractivity (Wildman–Crippen MR) is 128 cm³/mol. The van der Waals surface area contributed by atoms with E-state index in [1.165, 1.54) is 10.3 Å².